The number of pyridine rings is 1. The first-order valence-electron chi connectivity index (χ1n) is 12.2. The average molecular weight is 458 g/mol. The van der Waals surface area contributed by atoms with Crippen LogP contribution in [0.1, 0.15) is 68.8 Å². The molecule has 1 saturated carbocycles. The van der Waals surface area contributed by atoms with Crippen molar-refractivity contribution >= 4 is 5.91 Å². The van der Waals surface area contributed by atoms with Gasteiger partial charge in [0.05, 0.1) is 12.6 Å². The Hall–Kier alpha value is -2.14. The zero-order valence-corrected chi connectivity index (χ0v) is 20.5. The van der Waals surface area contributed by atoms with Gasteiger partial charge in [0.15, 0.2) is 0 Å². The number of likely N-dealkylation sites (N-methyl/N-ethyl adjacent to an activating group) is 1. The summed E-state index contributed by atoms with van der Waals surface area (Å²) in [6, 6.07) is 1.36. The SMILES string of the molecule is C[C@H](O)C#Cc1cnc2c(c1)C(=O)N([C@@H](C)CO)C[C@H](C)[C@@H](CN(C)CC1CCCCC1)O2. The Labute approximate surface area is 198 Å². The van der Waals surface area contributed by atoms with Crippen LogP contribution in [0.3, 0.4) is 0 Å². The van der Waals surface area contributed by atoms with Crippen molar-refractivity contribution in [1.82, 2.24) is 14.8 Å². The summed E-state index contributed by atoms with van der Waals surface area (Å²) >= 11 is 0. The van der Waals surface area contributed by atoms with Crippen molar-refractivity contribution < 1.29 is 19.7 Å². The molecule has 1 aliphatic carbocycles. The van der Waals surface area contributed by atoms with Gasteiger partial charge in [-0.25, -0.2) is 4.98 Å². The molecule has 1 amide bonds. The third-order valence-corrected chi connectivity index (χ3v) is 6.73. The van der Waals surface area contributed by atoms with Gasteiger partial charge in [-0.05, 0) is 45.7 Å². The van der Waals surface area contributed by atoms with Gasteiger partial charge in [0, 0.05) is 37.3 Å². The minimum absolute atomic E-state index is 0.0708. The van der Waals surface area contributed by atoms with Crippen LogP contribution in [0, 0.1) is 23.7 Å². The minimum Gasteiger partial charge on any atom is -0.472 e. The highest BCUT2D eigenvalue weighted by Crippen LogP contribution is 2.28. The quantitative estimate of drug-likeness (QED) is 0.639. The number of hydrogen-bond donors (Lipinski definition) is 2. The van der Waals surface area contributed by atoms with Gasteiger partial charge in [-0.2, -0.15) is 0 Å². The van der Waals surface area contributed by atoms with Gasteiger partial charge >= 0.3 is 0 Å². The Morgan fingerprint density at radius 2 is 2.00 bits per heavy atom. The molecule has 7 nitrogen and oxygen atoms in total. The van der Waals surface area contributed by atoms with Crippen molar-refractivity contribution in [3.63, 3.8) is 0 Å². The molecule has 182 valence electrons. The molecule has 4 atom stereocenters. The van der Waals surface area contributed by atoms with Crippen LogP contribution in [0.4, 0.5) is 0 Å². The molecule has 2 aliphatic rings. The highest BCUT2D eigenvalue weighted by atomic mass is 16.5. The average Bonchev–Trinajstić information content (AvgIpc) is 2.80. The van der Waals surface area contributed by atoms with Crippen LogP contribution in [-0.4, -0.2) is 82.4 Å². The summed E-state index contributed by atoms with van der Waals surface area (Å²) < 4.78 is 6.36. The molecule has 1 aromatic rings. The molecule has 2 N–H and O–H groups in total. The normalized spacial score (nSPS) is 23.6. The zero-order valence-electron chi connectivity index (χ0n) is 20.5. The molecule has 0 unspecified atom stereocenters. The molecule has 1 fully saturated rings. The number of ether oxygens (including phenoxy) is 1. The highest BCUT2D eigenvalue weighted by molar-refractivity contribution is 5.97. The van der Waals surface area contributed by atoms with Crippen molar-refractivity contribution in [1.29, 1.82) is 0 Å². The molecule has 1 aromatic heterocycles. The van der Waals surface area contributed by atoms with E-state index in [0.717, 1.165) is 19.0 Å². The van der Waals surface area contributed by atoms with Gasteiger partial charge in [0.25, 0.3) is 5.91 Å². The Kier molecular flexibility index (Phi) is 9.13. The van der Waals surface area contributed by atoms with Gasteiger partial charge in [-0.3, -0.25) is 4.79 Å². The van der Waals surface area contributed by atoms with Crippen molar-refractivity contribution in [2.75, 3.05) is 33.3 Å². The van der Waals surface area contributed by atoms with E-state index in [-0.39, 0.29) is 30.6 Å². The van der Waals surface area contributed by atoms with Crippen LogP contribution in [0.2, 0.25) is 0 Å². The number of amides is 1. The first-order chi connectivity index (χ1) is 15.8. The summed E-state index contributed by atoms with van der Waals surface area (Å²) in [5.41, 5.74) is 0.891. The van der Waals surface area contributed by atoms with Crippen LogP contribution in [0.25, 0.3) is 0 Å². The maximum Gasteiger partial charge on any atom is 0.259 e. The van der Waals surface area contributed by atoms with Gasteiger partial charge < -0.3 is 24.7 Å². The molecule has 0 saturated heterocycles. The monoisotopic (exact) mass is 457 g/mol. The largest absolute Gasteiger partial charge is 0.472 e. The number of aliphatic hydroxyl groups excluding tert-OH is 2. The van der Waals surface area contributed by atoms with Gasteiger partial charge in [0.2, 0.25) is 5.88 Å². The Morgan fingerprint density at radius 3 is 2.67 bits per heavy atom. The molecule has 0 radical (unpaired) electrons. The van der Waals surface area contributed by atoms with Gasteiger partial charge in [0.1, 0.15) is 17.8 Å². The predicted octanol–water partition coefficient (Wildman–Crippen LogP) is 2.55. The smallest absolute Gasteiger partial charge is 0.259 e. The summed E-state index contributed by atoms with van der Waals surface area (Å²) in [5.74, 6) is 6.44. The second-order valence-electron chi connectivity index (χ2n) is 9.87. The van der Waals surface area contributed by atoms with E-state index >= 15 is 0 Å². The topological polar surface area (TPSA) is 86.1 Å². The van der Waals surface area contributed by atoms with E-state index in [1.165, 1.54) is 32.1 Å². The van der Waals surface area contributed by atoms with Crippen LogP contribution in [0.15, 0.2) is 12.3 Å². The third kappa shape index (κ3) is 6.92. The zero-order chi connectivity index (χ0) is 24.0. The molecule has 0 spiro atoms. The first-order valence-corrected chi connectivity index (χ1v) is 12.2. The highest BCUT2D eigenvalue weighted by Gasteiger charge is 2.34. The number of carbonyl (C=O) groups is 1. The maximum atomic E-state index is 13.4. The molecular formula is C26H39N3O4. The molecule has 7 heteroatoms. The standard InChI is InChI=1S/C26H39N3O4/c1-18-14-29(19(2)17-30)26(32)23-12-22(11-10-20(3)31)13-27-25(23)33-24(18)16-28(4)15-21-8-6-5-7-9-21/h12-13,18-21,24,30-31H,5-9,14-17H2,1-4H3/t18-,19-,20-,24+/m0/s1. The second-order valence-corrected chi connectivity index (χ2v) is 9.87. The van der Waals surface area contributed by atoms with E-state index in [1.54, 1.807) is 24.1 Å². The molecule has 0 bridgehead atoms. The first kappa shape index (κ1) is 25.5. The fourth-order valence-corrected chi connectivity index (χ4v) is 4.77. The van der Waals surface area contributed by atoms with Crippen molar-refractivity contribution in [3.8, 4) is 17.7 Å². The van der Waals surface area contributed by atoms with Crippen molar-refractivity contribution in [2.24, 2.45) is 11.8 Å². The molecule has 2 heterocycles. The van der Waals surface area contributed by atoms with Crippen LogP contribution < -0.4 is 4.74 Å². The number of aliphatic hydroxyl groups is 2. The molecule has 0 aromatic carbocycles. The summed E-state index contributed by atoms with van der Waals surface area (Å²) in [6.45, 7) is 7.71. The Balaban J connectivity index is 1.86. The predicted molar refractivity (Wildman–Crippen MR) is 128 cm³/mol. The van der Waals surface area contributed by atoms with Crippen molar-refractivity contribution in [2.45, 2.75) is 71.1 Å². The molecule has 33 heavy (non-hydrogen) atoms. The van der Waals surface area contributed by atoms with E-state index < -0.39 is 6.10 Å². The maximum absolute atomic E-state index is 13.4. The number of rotatable bonds is 6. The number of carbonyl (C=O) groups excluding carboxylic acids is 1. The summed E-state index contributed by atoms with van der Waals surface area (Å²) in [7, 11) is 2.14. The number of nitrogens with zero attached hydrogens (tertiary/aromatic N) is 3. The fraction of sp³-hybridized carbons (Fsp3) is 0.692. The third-order valence-electron chi connectivity index (χ3n) is 6.73. The molecular weight excluding hydrogens is 418 g/mol. The Morgan fingerprint density at radius 1 is 1.27 bits per heavy atom. The van der Waals surface area contributed by atoms with E-state index in [1.807, 2.05) is 6.92 Å². The lowest BCUT2D eigenvalue weighted by Gasteiger charge is -2.38. The van der Waals surface area contributed by atoms with E-state index in [4.69, 9.17) is 4.74 Å². The Bertz CT molecular complexity index is 857. The fourth-order valence-electron chi connectivity index (χ4n) is 4.77. The minimum atomic E-state index is -0.769. The van der Waals surface area contributed by atoms with Gasteiger partial charge in [-0.15, -0.1) is 0 Å². The lowest BCUT2D eigenvalue weighted by molar-refractivity contribution is 0.0314. The summed E-state index contributed by atoms with van der Waals surface area (Å²) in [4.78, 5) is 21.9. The molecule has 3 rings (SSSR count). The van der Waals surface area contributed by atoms with Crippen molar-refractivity contribution in [3.05, 3.63) is 23.4 Å². The number of fused-ring (bicyclic) bond motifs is 1. The van der Waals surface area contributed by atoms with E-state index in [2.05, 4.69) is 35.7 Å². The lowest BCUT2D eigenvalue weighted by atomic mass is 9.89. The lowest BCUT2D eigenvalue weighted by Crippen LogP contribution is -2.50. The second kappa shape index (κ2) is 11.8. The van der Waals surface area contributed by atoms with Crippen LogP contribution in [-0.2, 0) is 0 Å². The van der Waals surface area contributed by atoms with Crippen LogP contribution >= 0.6 is 0 Å². The number of hydrogen-bond acceptors (Lipinski definition) is 6. The van der Waals surface area contributed by atoms with E-state index in [0.29, 0.717) is 23.6 Å². The van der Waals surface area contributed by atoms with E-state index in [9.17, 15) is 15.0 Å². The molecule has 1 aliphatic heterocycles. The summed E-state index contributed by atoms with van der Waals surface area (Å²) in [6.07, 6.45) is 7.25. The van der Waals surface area contributed by atoms with Gasteiger partial charge in [-0.1, -0.05) is 38.0 Å². The summed E-state index contributed by atoms with van der Waals surface area (Å²) in [5, 5.41) is 19.3. The van der Waals surface area contributed by atoms with Crippen LogP contribution in [0.5, 0.6) is 5.88 Å². The number of aromatic nitrogens is 1.